The molecule has 132 valence electrons. The molecule has 25 heavy (non-hydrogen) atoms. The van der Waals surface area contributed by atoms with Gasteiger partial charge in [0.05, 0.1) is 4.92 Å². The van der Waals surface area contributed by atoms with Gasteiger partial charge < -0.3 is 4.90 Å². The largest absolute Gasteiger partial charge is 0.370 e. The van der Waals surface area contributed by atoms with Gasteiger partial charge in [-0.15, -0.1) is 0 Å². The Hall–Kier alpha value is -2.47. The summed E-state index contributed by atoms with van der Waals surface area (Å²) in [6, 6.07) is 13.6. The lowest BCUT2D eigenvalue weighted by Crippen LogP contribution is -2.32. The summed E-state index contributed by atoms with van der Waals surface area (Å²) in [6.45, 7) is 5.66. The van der Waals surface area contributed by atoms with Crippen molar-refractivity contribution in [2.24, 2.45) is 0 Å². The molecule has 1 saturated heterocycles. The summed E-state index contributed by atoms with van der Waals surface area (Å²) in [5.74, 6) is -0.223. The van der Waals surface area contributed by atoms with Crippen molar-refractivity contribution in [2.45, 2.75) is 19.4 Å². The van der Waals surface area contributed by atoms with Crippen LogP contribution >= 0.6 is 0 Å². The Bertz CT molecular complexity index is 736. The van der Waals surface area contributed by atoms with Gasteiger partial charge in [0.25, 0.3) is 5.69 Å². The van der Waals surface area contributed by atoms with Gasteiger partial charge in [-0.2, -0.15) is 0 Å². The minimum atomic E-state index is -0.352. The Balaban J connectivity index is 1.69. The highest BCUT2D eigenvalue weighted by Crippen LogP contribution is 2.26. The van der Waals surface area contributed by atoms with Gasteiger partial charge in [-0.25, -0.2) is 4.39 Å². The second-order valence-electron chi connectivity index (χ2n) is 6.38. The molecule has 0 radical (unpaired) electrons. The van der Waals surface area contributed by atoms with Crippen LogP contribution in [0.2, 0.25) is 0 Å². The van der Waals surface area contributed by atoms with E-state index in [1.165, 1.54) is 18.2 Å². The molecule has 2 aromatic rings. The lowest BCUT2D eigenvalue weighted by atomic mass is 10.1. The van der Waals surface area contributed by atoms with Crippen molar-refractivity contribution in [2.75, 3.05) is 31.1 Å². The molecule has 6 heteroatoms. The van der Waals surface area contributed by atoms with Gasteiger partial charge in [0.2, 0.25) is 0 Å². The average molecular weight is 343 g/mol. The zero-order valence-corrected chi connectivity index (χ0v) is 14.3. The van der Waals surface area contributed by atoms with Crippen LogP contribution < -0.4 is 4.90 Å². The fourth-order valence-corrected chi connectivity index (χ4v) is 3.34. The molecule has 1 aliphatic rings. The summed E-state index contributed by atoms with van der Waals surface area (Å²) in [6.07, 6.45) is 0.997. The van der Waals surface area contributed by atoms with E-state index in [0.29, 0.717) is 0 Å². The second-order valence-corrected chi connectivity index (χ2v) is 6.38. The molecule has 1 fully saturated rings. The molecular weight excluding hydrogens is 321 g/mol. The number of anilines is 1. The van der Waals surface area contributed by atoms with Gasteiger partial charge in [0, 0.05) is 50.0 Å². The highest BCUT2D eigenvalue weighted by Gasteiger charge is 2.21. The van der Waals surface area contributed by atoms with E-state index < -0.39 is 0 Å². The molecule has 1 aliphatic heterocycles. The predicted octanol–water partition coefficient (Wildman–Crippen LogP) is 4.01. The normalized spacial score (nSPS) is 17.1. The molecule has 1 unspecified atom stereocenters. The minimum absolute atomic E-state index is 0.119. The maximum atomic E-state index is 13.1. The van der Waals surface area contributed by atoms with E-state index >= 15 is 0 Å². The highest BCUT2D eigenvalue weighted by atomic mass is 19.1. The third-order valence-corrected chi connectivity index (χ3v) is 4.83. The number of non-ortho nitro benzene ring substituents is 1. The molecule has 1 heterocycles. The van der Waals surface area contributed by atoms with Crippen molar-refractivity contribution < 1.29 is 9.31 Å². The Morgan fingerprint density at radius 3 is 2.56 bits per heavy atom. The van der Waals surface area contributed by atoms with Crippen molar-refractivity contribution >= 4 is 11.4 Å². The zero-order chi connectivity index (χ0) is 17.8. The summed E-state index contributed by atoms with van der Waals surface area (Å²) >= 11 is 0. The first-order valence-corrected chi connectivity index (χ1v) is 8.53. The van der Waals surface area contributed by atoms with Crippen molar-refractivity contribution in [1.82, 2.24) is 4.90 Å². The van der Waals surface area contributed by atoms with Crippen LogP contribution in [0.25, 0.3) is 0 Å². The fourth-order valence-electron chi connectivity index (χ4n) is 3.34. The molecule has 0 aliphatic carbocycles. The Labute approximate surface area is 146 Å². The first kappa shape index (κ1) is 17.4. The summed E-state index contributed by atoms with van der Waals surface area (Å²) in [5.41, 5.74) is 2.13. The summed E-state index contributed by atoms with van der Waals surface area (Å²) in [5, 5.41) is 11.0. The second kappa shape index (κ2) is 7.61. The van der Waals surface area contributed by atoms with Crippen LogP contribution in [0.3, 0.4) is 0 Å². The van der Waals surface area contributed by atoms with Crippen LogP contribution in [0, 0.1) is 15.9 Å². The van der Waals surface area contributed by atoms with Crippen molar-refractivity contribution in [3.63, 3.8) is 0 Å². The van der Waals surface area contributed by atoms with Crippen LogP contribution in [-0.2, 0) is 0 Å². The maximum Gasteiger partial charge on any atom is 0.269 e. The molecule has 0 N–H and O–H groups in total. The highest BCUT2D eigenvalue weighted by molar-refractivity contribution is 5.46. The lowest BCUT2D eigenvalue weighted by Gasteiger charge is -2.28. The van der Waals surface area contributed by atoms with Crippen molar-refractivity contribution in [3.05, 3.63) is 70.0 Å². The van der Waals surface area contributed by atoms with Crippen LogP contribution in [-0.4, -0.2) is 36.0 Å². The van der Waals surface area contributed by atoms with Crippen molar-refractivity contribution in [1.29, 1.82) is 0 Å². The van der Waals surface area contributed by atoms with Crippen LogP contribution in [0.1, 0.15) is 24.9 Å². The minimum Gasteiger partial charge on any atom is -0.370 e. The number of benzene rings is 2. The average Bonchev–Trinajstić information content (AvgIpc) is 2.88. The number of rotatable bonds is 4. The van der Waals surface area contributed by atoms with Gasteiger partial charge in [-0.3, -0.25) is 15.0 Å². The van der Waals surface area contributed by atoms with Crippen LogP contribution in [0.15, 0.2) is 48.5 Å². The maximum absolute atomic E-state index is 13.1. The van der Waals surface area contributed by atoms with E-state index in [4.69, 9.17) is 0 Å². The zero-order valence-electron chi connectivity index (χ0n) is 14.3. The Morgan fingerprint density at radius 2 is 1.84 bits per heavy atom. The van der Waals surface area contributed by atoms with E-state index in [2.05, 4.69) is 16.7 Å². The third-order valence-electron chi connectivity index (χ3n) is 4.83. The SMILES string of the molecule is CC(c1cccc([N+](=O)[O-])c1)N1CCCN(c2ccc(F)cc2)CC1. The topological polar surface area (TPSA) is 49.6 Å². The first-order valence-electron chi connectivity index (χ1n) is 8.53. The monoisotopic (exact) mass is 343 g/mol. The predicted molar refractivity (Wildman–Crippen MR) is 96.3 cm³/mol. The van der Waals surface area contributed by atoms with Crippen LogP contribution in [0.4, 0.5) is 15.8 Å². The van der Waals surface area contributed by atoms with E-state index in [9.17, 15) is 14.5 Å². The molecule has 0 spiro atoms. The number of hydrogen-bond acceptors (Lipinski definition) is 4. The molecule has 5 nitrogen and oxygen atoms in total. The third kappa shape index (κ3) is 4.14. The van der Waals surface area contributed by atoms with E-state index in [-0.39, 0.29) is 22.5 Å². The Morgan fingerprint density at radius 1 is 1.08 bits per heavy atom. The molecule has 0 bridgehead atoms. The van der Waals surface area contributed by atoms with Crippen LogP contribution in [0.5, 0.6) is 0 Å². The van der Waals surface area contributed by atoms with Gasteiger partial charge in [-0.1, -0.05) is 12.1 Å². The van der Waals surface area contributed by atoms with Gasteiger partial charge in [0.1, 0.15) is 5.82 Å². The summed E-state index contributed by atoms with van der Waals surface area (Å²) in [7, 11) is 0. The fraction of sp³-hybridized carbons (Fsp3) is 0.368. The molecular formula is C19H22FN3O2. The van der Waals surface area contributed by atoms with E-state index in [1.54, 1.807) is 12.1 Å². The lowest BCUT2D eigenvalue weighted by molar-refractivity contribution is -0.384. The standard InChI is InChI=1S/C19H22FN3O2/c1-15(16-4-2-5-19(14-16)23(24)25)21-10-3-11-22(13-12-21)18-8-6-17(20)7-9-18/h2,4-9,14-15H,3,10-13H2,1H3. The Kier molecular flexibility index (Phi) is 5.28. The summed E-state index contributed by atoms with van der Waals surface area (Å²) in [4.78, 5) is 15.3. The molecule has 2 aromatic carbocycles. The number of nitro benzene ring substituents is 1. The first-order chi connectivity index (χ1) is 12.0. The van der Waals surface area contributed by atoms with E-state index in [0.717, 1.165) is 43.9 Å². The van der Waals surface area contributed by atoms with E-state index in [1.807, 2.05) is 18.2 Å². The number of halogens is 1. The molecule has 3 rings (SSSR count). The number of hydrogen-bond donors (Lipinski definition) is 0. The molecule has 0 amide bonds. The smallest absolute Gasteiger partial charge is 0.269 e. The van der Waals surface area contributed by atoms with Crippen molar-refractivity contribution in [3.8, 4) is 0 Å². The van der Waals surface area contributed by atoms with Gasteiger partial charge >= 0.3 is 0 Å². The number of nitrogens with zero attached hydrogens (tertiary/aromatic N) is 3. The van der Waals surface area contributed by atoms with Gasteiger partial charge in [-0.05, 0) is 43.2 Å². The number of nitro groups is 1. The molecule has 1 atom stereocenters. The molecule has 0 saturated carbocycles. The quantitative estimate of drug-likeness (QED) is 0.622. The molecule has 0 aromatic heterocycles. The summed E-state index contributed by atoms with van der Waals surface area (Å²) < 4.78 is 13.1. The van der Waals surface area contributed by atoms with Gasteiger partial charge in [0.15, 0.2) is 0 Å².